The van der Waals surface area contributed by atoms with Gasteiger partial charge in [0.15, 0.2) is 0 Å². The van der Waals surface area contributed by atoms with Crippen molar-refractivity contribution in [3.8, 4) is 0 Å². The summed E-state index contributed by atoms with van der Waals surface area (Å²) in [5.41, 5.74) is 10.3. The monoisotopic (exact) mass is 343 g/mol. The summed E-state index contributed by atoms with van der Waals surface area (Å²) in [4.78, 5) is 14.8. The second kappa shape index (κ2) is 7.79. The van der Waals surface area contributed by atoms with Gasteiger partial charge in [-0.2, -0.15) is 9.51 Å². The zero-order chi connectivity index (χ0) is 17.6. The molecule has 0 aromatic heterocycles. The minimum atomic E-state index is -3.87. The number of hydrogen-bond donors (Lipinski definition) is 1. The van der Waals surface area contributed by atoms with Crippen molar-refractivity contribution in [2.24, 2.45) is 0 Å². The van der Waals surface area contributed by atoms with Gasteiger partial charge in [0.05, 0.1) is 10.9 Å². The number of rotatable bonds is 7. The number of nitrogens with one attached hydrogen (secondary N) is 1. The first-order valence-corrected chi connectivity index (χ1v) is 8.75. The number of hydrogen-bond acceptors (Lipinski definition) is 3. The zero-order valence-electron chi connectivity index (χ0n) is 13.1. The third-order valence-corrected chi connectivity index (χ3v) is 4.93. The van der Waals surface area contributed by atoms with Crippen LogP contribution in [0, 0.1) is 6.92 Å². The van der Waals surface area contributed by atoms with Crippen molar-refractivity contribution in [3.05, 3.63) is 71.3 Å². The fourth-order valence-electron chi connectivity index (χ4n) is 2.17. The van der Waals surface area contributed by atoms with Crippen molar-refractivity contribution in [3.63, 3.8) is 0 Å². The average Bonchev–Trinajstić information content (AvgIpc) is 2.55. The van der Waals surface area contributed by atoms with Gasteiger partial charge >= 0.3 is 6.21 Å². The van der Waals surface area contributed by atoms with Crippen molar-refractivity contribution in [1.82, 2.24) is 4.72 Å². The molecule has 2 rings (SSSR count). The van der Waals surface area contributed by atoms with E-state index in [1.165, 1.54) is 12.1 Å². The van der Waals surface area contributed by atoms with Gasteiger partial charge in [0.25, 0.3) is 5.78 Å². The molecule has 0 saturated heterocycles. The molecule has 0 bridgehead atoms. The largest absolute Gasteiger partial charge is 0.361 e. The molecule has 0 aliphatic heterocycles. The second-order valence-corrected chi connectivity index (χ2v) is 7.04. The number of sulfonamides is 1. The predicted molar refractivity (Wildman–Crippen MR) is 90.1 cm³/mol. The Morgan fingerprint density at radius 2 is 1.79 bits per heavy atom. The van der Waals surface area contributed by atoms with Gasteiger partial charge in [-0.1, -0.05) is 48.0 Å². The van der Waals surface area contributed by atoms with Gasteiger partial charge in [-0.3, -0.25) is 4.79 Å². The van der Waals surface area contributed by atoms with E-state index in [2.05, 4.69) is 9.51 Å². The van der Waals surface area contributed by atoms with Gasteiger partial charge in [-0.15, -0.1) is 0 Å². The fourth-order valence-corrected chi connectivity index (χ4v) is 3.37. The van der Waals surface area contributed by atoms with E-state index in [0.717, 1.165) is 11.1 Å². The molecule has 2 aromatic carbocycles. The molecule has 0 fully saturated rings. The Morgan fingerprint density at radius 3 is 2.38 bits per heavy atom. The molecule has 1 atom stereocenters. The normalized spacial score (nSPS) is 12.2. The van der Waals surface area contributed by atoms with E-state index in [4.69, 9.17) is 5.53 Å². The van der Waals surface area contributed by atoms with E-state index in [0.29, 0.717) is 6.21 Å². The maximum absolute atomic E-state index is 12.5. The molecule has 0 heterocycles. The number of benzene rings is 2. The van der Waals surface area contributed by atoms with Crippen LogP contribution in [0.4, 0.5) is 0 Å². The quantitative estimate of drug-likeness (QED) is 0.471. The summed E-state index contributed by atoms with van der Waals surface area (Å²) < 4.78 is 27.3. The van der Waals surface area contributed by atoms with Crippen LogP contribution in [0.15, 0.2) is 59.5 Å². The Balaban J connectivity index is 2.28. The summed E-state index contributed by atoms with van der Waals surface area (Å²) in [6.45, 7) is 1.85. The number of ketones is 1. The molecule has 24 heavy (non-hydrogen) atoms. The predicted octanol–water partition coefficient (Wildman–Crippen LogP) is 1.75. The highest BCUT2D eigenvalue weighted by atomic mass is 32.2. The maximum atomic E-state index is 12.5. The van der Waals surface area contributed by atoms with Gasteiger partial charge in [0.2, 0.25) is 10.0 Å². The van der Waals surface area contributed by atoms with Crippen LogP contribution >= 0.6 is 0 Å². The lowest BCUT2D eigenvalue weighted by Gasteiger charge is -2.15. The molecular weight excluding hydrogens is 326 g/mol. The van der Waals surface area contributed by atoms with Crippen LogP contribution in [-0.2, 0) is 21.2 Å². The van der Waals surface area contributed by atoms with Crippen molar-refractivity contribution in [1.29, 1.82) is 0 Å². The molecule has 0 unspecified atom stereocenters. The van der Waals surface area contributed by atoms with Crippen LogP contribution in [0.25, 0.3) is 5.53 Å². The Bertz CT molecular complexity index is 856. The number of Topliss-reactive ketones (excluding diaryl/α,β-unsaturated/α-hetero) is 1. The van der Waals surface area contributed by atoms with Crippen molar-refractivity contribution in [2.75, 3.05) is 0 Å². The number of carbonyl (C=O) groups is 1. The Kier molecular flexibility index (Phi) is 5.76. The Morgan fingerprint density at radius 1 is 1.17 bits per heavy atom. The summed E-state index contributed by atoms with van der Waals surface area (Å²) in [5, 5.41) is 0. The molecule has 0 saturated carbocycles. The summed E-state index contributed by atoms with van der Waals surface area (Å²) in [5.74, 6) is -0.628. The van der Waals surface area contributed by atoms with Crippen molar-refractivity contribution in [2.45, 2.75) is 24.3 Å². The van der Waals surface area contributed by atoms with Gasteiger partial charge < -0.3 is 5.53 Å². The highest BCUT2D eigenvalue weighted by molar-refractivity contribution is 7.89. The lowest BCUT2D eigenvalue weighted by Crippen LogP contribution is -2.43. The smallest absolute Gasteiger partial charge is 0.324 e. The van der Waals surface area contributed by atoms with Crippen molar-refractivity contribution < 1.29 is 18.0 Å². The third kappa shape index (κ3) is 4.70. The minimum absolute atomic E-state index is 0.0694. The standard InChI is InChI=1S/C17H17N3O3S/c1-13-7-9-15(10-8-13)24(22,23)20-16(17(21)12-19-18)11-14-5-3-2-4-6-14/h2-10,12,16,20H,11H2,1H3/t16-/m0/s1. The molecule has 0 radical (unpaired) electrons. The molecular formula is C17H17N3O3S. The zero-order valence-corrected chi connectivity index (χ0v) is 13.9. The Labute approximate surface area is 140 Å². The SMILES string of the molecule is Cc1ccc(S(=O)(=O)N[C@@H](Cc2ccccc2)C(=O)C=[N+]=[N-])cc1. The molecule has 1 N–H and O–H groups in total. The Hall–Kier alpha value is -2.60. The van der Waals surface area contributed by atoms with Gasteiger partial charge in [-0.05, 0) is 31.0 Å². The maximum Gasteiger partial charge on any atom is 0.324 e. The summed E-state index contributed by atoms with van der Waals surface area (Å²) in [7, 11) is -3.87. The molecule has 0 aliphatic rings. The summed E-state index contributed by atoms with van der Waals surface area (Å²) in [6, 6.07) is 14.2. The van der Waals surface area contributed by atoms with Crippen LogP contribution in [-0.4, -0.2) is 31.2 Å². The molecule has 0 amide bonds. The topological polar surface area (TPSA) is 99.6 Å². The molecule has 2 aromatic rings. The first-order valence-electron chi connectivity index (χ1n) is 7.26. The van der Waals surface area contributed by atoms with Gasteiger partial charge in [-0.25, -0.2) is 8.42 Å². The lowest BCUT2D eigenvalue weighted by atomic mass is 10.0. The van der Waals surface area contributed by atoms with Crippen LogP contribution < -0.4 is 4.72 Å². The third-order valence-electron chi connectivity index (χ3n) is 3.44. The summed E-state index contributed by atoms with van der Waals surface area (Å²) in [6.07, 6.45) is 0.849. The molecule has 0 spiro atoms. The highest BCUT2D eigenvalue weighted by Gasteiger charge is 2.27. The average molecular weight is 343 g/mol. The first kappa shape index (κ1) is 17.7. The van der Waals surface area contributed by atoms with E-state index in [9.17, 15) is 13.2 Å². The highest BCUT2D eigenvalue weighted by Crippen LogP contribution is 2.12. The molecule has 0 aliphatic carbocycles. The van der Waals surface area contributed by atoms with E-state index in [-0.39, 0.29) is 11.3 Å². The van der Waals surface area contributed by atoms with Gasteiger partial charge in [0.1, 0.15) is 0 Å². The van der Waals surface area contributed by atoms with Crippen LogP contribution in [0.2, 0.25) is 0 Å². The molecule has 124 valence electrons. The van der Waals surface area contributed by atoms with E-state index in [1.807, 2.05) is 13.0 Å². The van der Waals surface area contributed by atoms with Crippen molar-refractivity contribution >= 4 is 22.0 Å². The molecule has 6 nitrogen and oxygen atoms in total. The van der Waals surface area contributed by atoms with Crippen LogP contribution in [0.5, 0.6) is 0 Å². The lowest BCUT2D eigenvalue weighted by molar-refractivity contribution is -0.117. The molecule has 7 heteroatoms. The second-order valence-electron chi connectivity index (χ2n) is 5.32. The summed E-state index contributed by atoms with van der Waals surface area (Å²) >= 11 is 0. The van der Waals surface area contributed by atoms with Crippen LogP contribution in [0.3, 0.4) is 0 Å². The number of carbonyl (C=O) groups excluding carboxylic acids is 1. The van der Waals surface area contributed by atoms with E-state index in [1.54, 1.807) is 36.4 Å². The first-order chi connectivity index (χ1) is 11.4. The van der Waals surface area contributed by atoms with Crippen LogP contribution in [0.1, 0.15) is 11.1 Å². The number of aryl methyl sites for hydroxylation is 1. The minimum Gasteiger partial charge on any atom is -0.361 e. The van der Waals surface area contributed by atoms with E-state index < -0.39 is 21.8 Å². The fraction of sp³-hybridized carbons (Fsp3) is 0.176. The van der Waals surface area contributed by atoms with E-state index >= 15 is 0 Å². The number of nitrogens with zero attached hydrogens (tertiary/aromatic N) is 2. The van der Waals surface area contributed by atoms with Gasteiger partial charge in [0, 0.05) is 0 Å².